The van der Waals surface area contributed by atoms with Crippen molar-refractivity contribution in [1.29, 1.82) is 0 Å². The van der Waals surface area contributed by atoms with Crippen molar-refractivity contribution in [1.82, 2.24) is 15.2 Å². The Morgan fingerprint density at radius 3 is 2.56 bits per heavy atom. The minimum Gasteiger partial charge on any atom is -0.465 e. The number of amides is 2. The highest BCUT2D eigenvalue weighted by Gasteiger charge is 2.48. The Morgan fingerprint density at radius 2 is 1.75 bits per heavy atom. The van der Waals surface area contributed by atoms with E-state index in [1.165, 1.54) is 4.90 Å². The average molecular weight is 482 g/mol. The van der Waals surface area contributed by atoms with Crippen LogP contribution in [0.15, 0.2) is 85.1 Å². The Morgan fingerprint density at radius 1 is 1.03 bits per heavy atom. The summed E-state index contributed by atoms with van der Waals surface area (Å²) in [5.74, 6) is -0.282. The van der Waals surface area contributed by atoms with E-state index in [9.17, 15) is 14.7 Å². The van der Waals surface area contributed by atoms with Gasteiger partial charge in [-0.2, -0.15) is 0 Å². The number of hydrogen-bond donors (Lipinski definition) is 3. The lowest BCUT2D eigenvalue weighted by atomic mass is 9.87. The van der Waals surface area contributed by atoms with E-state index in [1.807, 2.05) is 85.1 Å². The first-order valence-corrected chi connectivity index (χ1v) is 12.4. The van der Waals surface area contributed by atoms with E-state index in [-0.39, 0.29) is 18.4 Å². The number of carbonyl (C=O) groups is 2. The van der Waals surface area contributed by atoms with E-state index in [0.29, 0.717) is 19.4 Å². The molecule has 1 heterocycles. The molecule has 6 heteroatoms. The van der Waals surface area contributed by atoms with E-state index in [2.05, 4.69) is 10.3 Å². The second-order valence-corrected chi connectivity index (χ2v) is 9.71. The molecule has 4 aromatic rings. The molecule has 0 unspecified atom stereocenters. The van der Waals surface area contributed by atoms with Gasteiger partial charge in [-0.25, -0.2) is 4.79 Å². The molecule has 0 saturated carbocycles. The fraction of sp³-hybridized carbons (Fsp3) is 0.267. The van der Waals surface area contributed by atoms with Gasteiger partial charge < -0.3 is 15.4 Å². The number of aromatic amines is 1. The summed E-state index contributed by atoms with van der Waals surface area (Å²) in [6.07, 6.45) is 3.20. The van der Waals surface area contributed by atoms with Crippen LogP contribution < -0.4 is 5.32 Å². The van der Waals surface area contributed by atoms with Crippen molar-refractivity contribution in [2.24, 2.45) is 0 Å². The summed E-state index contributed by atoms with van der Waals surface area (Å²) in [7, 11) is 0. The maximum atomic E-state index is 13.9. The van der Waals surface area contributed by atoms with Crippen LogP contribution in [0.1, 0.15) is 41.6 Å². The number of hydrogen-bond acceptors (Lipinski definition) is 2. The zero-order valence-corrected chi connectivity index (χ0v) is 20.4. The maximum absolute atomic E-state index is 13.9. The standard InChI is InChI=1S/C30H31N3O3/c1-30(19-23-20-32-26-14-8-7-12-24(23)26,28(34)31-18-17-21-9-3-2-4-10-21)33(29(35)36)27-16-15-22-11-5-6-13-25(22)27/h2-14,20,27,32H,15-19H2,1H3,(H,31,34)(H,35,36)/t27-,30+/m0/s1. The normalized spacial score (nSPS) is 16.3. The summed E-state index contributed by atoms with van der Waals surface area (Å²) in [5, 5.41) is 14.6. The molecule has 6 nitrogen and oxygen atoms in total. The first-order valence-electron chi connectivity index (χ1n) is 12.4. The molecule has 0 saturated heterocycles. The Balaban J connectivity index is 1.49. The van der Waals surface area contributed by atoms with Crippen LogP contribution in [0, 0.1) is 0 Å². The monoisotopic (exact) mass is 481 g/mol. The highest BCUT2D eigenvalue weighted by molar-refractivity contribution is 5.91. The van der Waals surface area contributed by atoms with Crippen LogP contribution in [-0.2, 0) is 24.1 Å². The van der Waals surface area contributed by atoms with Crippen LogP contribution in [0.2, 0.25) is 0 Å². The number of rotatable bonds is 8. The van der Waals surface area contributed by atoms with E-state index >= 15 is 0 Å². The Bertz CT molecular complexity index is 1380. The van der Waals surface area contributed by atoms with Gasteiger partial charge in [-0.3, -0.25) is 9.69 Å². The molecule has 2 atom stereocenters. The predicted octanol–water partition coefficient (Wildman–Crippen LogP) is 5.50. The average Bonchev–Trinajstić information content (AvgIpc) is 3.49. The molecule has 5 rings (SSSR count). The summed E-state index contributed by atoms with van der Waals surface area (Å²) < 4.78 is 0. The van der Waals surface area contributed by atoms with Crippen LogP contribution >= 0.6 is 0 Å². The zero-order chi connectivity index (χ0) is 25.1. The molecule has 3 N–H and O–H groups in total. The number of aromatic nitrogens is 1. The van der Waals surface area contributed by atoms with Gasteiger partial charge in [-0.15, -0.1) is 0 Å². The van der Waals surface area contributed by atoms with Gasteiger partial charge in [0.1, 0.15) is 5.54 Å². The fourth-order valence-corrected chi connectivity index (χ4v) is 5.57. The molecular formula is C30H31N3O3. The van der Waals surface area contributed by atoms with Crippen molar-refractivity contribution in [3.05, 3.63) is 107 Å². The lowest BCUT2D eigenvalue weighted by molar-refractivity contribution is -0.133. The molecule has 184 valence electrons. The lowest BCUT2D eigenvalue weighted by Gasteiger charge is -2.42. The van der Waals surface area contributed by atoms with Gasteiger partial charge in [0.2, 0.25) is 5.91 Å². The first-order chi connectivity index (χ1) is 17.5. The molecule has 1 aliphatic carbocycles. The second-order valence-electron chi connectivity index (χ2n) is 9.71. The molecule has 3 aromatic carbocycles. The molecule has 0 aliphatic heterocycles. The van der Waals surface area contributed by atoms with Crippen molar-refractivity contribution < 1.29 is 14.7 Å². The van der Waals surface area contributed by atoms with E-state index < -0.39 is 11.6 Å². The maximum Gasteiger partial charge on any atom is 0.408 e. The summed E-state index contributed by atoms with van der Waals surface area (Å²) in [5.41, 5.74) is 3.83. The van der Waals surface area contributed by atoms with Crippen molar-refractivity contribution in [3.63, 3.8) is 0 Å². The topological polar surface area (TPSA) is 85.4 Å². The quantitative estimate of drug-likeness (QED) is 0.311. The van der Waals surface area contributed by atoms with Crippen LogP contribution in [-0.4, -0.2) is 39.1 Å². The number of nitrogens with zero attached hydrogens (tertiary/aromatic N) is 1. The van der Waals surface area contributed by atoms with Crippen LogP contribution in [0.3, 0.4) is 0 Å². The number of fused-ring (bicyclic) bond motifs is 2. The summed E-state index contributed by atoms with van der Waals surface area (Å²) in [4.78, 5) is 31.4. The van der Waals surface area contributed by atoms with Gasteiger partial charge in [0.05, 0.1) is 6.04 Å². The molecule has 0 radical (unpaired) electrons. The molecule has 2 amide bonds. The van der Waals surface area contributed by atoms with Crippen LogP contribution in [0.4, 0.5) is 4.79 Å². The minimum atomic E-state index is -1.31. The van der Waals surface area contributed by atoms with Crippen LogP contribution in [0.5, 0.6) is 0 Å². The van der Waals surface area contributed by atoms with Crippen molar-refractivity contribution in [2.75, 3.05) is 6.54 Å². The van der Waals surface area contributed by atoms with Gasteiger partial charge in [-0.05, 0) is 54.5 Å². The SMILES string of the molecule is C[C@@](Cc1c[nH]c2ccccc12)(C(=O)NCCc1ccccc1)N(C(=O)O)[C@H]1CCc2ccccc21. The highest BCUT2D eigenvalue weighted by Crippen LogP contribution is 2.41. The van der Waals surface area contributed by atoms with Crippen molar-refractivity contribution in [3.8, 4) is 0 Å². The summed E-state index contributed by atoms with van der Waals surface area (Å²) in [6.45, 7) is 2.20. The summed E-state index contributed by atoms with van der Waals surface area (Å²) in [6, 6.07) is 25.4. The number of carbonyl (C=O) groups excluding carboxylic acids is 1. The molecular weight excluding hydrogens is 450 g/mol. The third-order valence-corrected chi connectivity index (χ3v) is 7.39. The molecule has 0 bridgehead atoms. The van der Waals surface area contributed by atoms with Gasteiger partial charge in [0.25, 0.3) is 0 Å². The number of para-hydroxylation sites is 1. The van der Waals surface area contributed by atoms with Gasteiger partial charge in [0, 0.05) is 30.1 Å². The molecule has 0 spiro atoms. The first kappa shape index (κ1) is 23.7. The third kappa shape index (κ3) is 4.47. The van der Waals surface area contributed by atoms with Crippen LogP contribution in [0.25, 0.3) is 10.9 Å². The Kier molecular flexibility index (Phi) is 6.51. The third-order valence-electron chi connectivity index (χ3n) is 7.39. The van der Waals surface area contributed by atoms with Gasteiger partial charge >= 0.3 is 6.09 Å². The summed E-state index contributed by atoms with van der Waals surface area (Å²) >= 11 is 0. The molecule has 1 aromatic heterocycles. The highest BCUT2D eigenvalue weighted by atomic mass is 16.4. The molecule has 36 heavy (non-hydrogen) atoms. The Labute approximate surface area is 211 Å². The van der Waals surface area contributed by atoms with Crippen molar-refractivity contribution in [2.45, 2.75) is 44.2 Å². The van der Waals surface area contributed by atoms with E-state index in [1.54, 1.807) is 6.92 Å². The van der Waals surface area contributed by atoms with E-state index in [4.69, 9.17) is 0 Å². The number of H-pyrrole nitrogens is 1. The smallest absolute Gasteiger partial charge is 0.408 e. The largest absolute Gasteiger partial charge is 0.465 e. The number of benzene rings is 3. The predicted molar refractivity (Wildman–Crippen MR) is 141 cm³/mol. The fourth-order valence-electron chi connectivity index (χ4n) is 5.57. The second kappa shape index (κ2) is 9.90. The van der Waals surface area contributed by atoms with Gasteiger partial charge in [0.15, 0.2) is 0 Å². The molecule has 1 aliphatic rings. The number of nitrogens with one attached hydrogen (secondary N) is 2. The van der Waals surface area contributed by atoms with Crippen molar-refractivity contribution >= 4 is 22.9 Å². The van der Waals surface area contributed by atoms with Gasteiger partial charge in [-0.1, -0.05) is 72.8 Å². The van der Waals surface area contributed by atoms with E-state index in [0.717, 1.165) is 39.6 Å². The zero-order valence-electron chi connectivity index (χ0n) is 20.4. The Hall–Kier alpha value is -4.06. The molecule has 0 fully saturated rings. The lowest BCUT2D eigenvalue weighted by Crippen LogP contribution is -2.61. The number of aryl methyl sites for hydroxylation is 1. The minimum absolute atomic E-state index is 0.263. The number of carboxylic acid groups (broad SMARTS) is 1.